The molecule has 1 aromatic carbocycles. The van der Waals surface area contributed by atoms with E-state index in [1.54, 1.807) is 12.1 Å². The summed E-state index contributed by atoms with van der Waals surface area (Å²) in [7, 11) is 0. The summed E-state index contributed by atoms with van der Waals surface area (Å²) in [5, 5.41) is 15.3. The van der Waals surface area contributed by atoms with Gasteiger partial charge in [-0.3, -0.25) is 9.59 Å². The van der Waals surface area contributed by atoms with Gasteiger partial charge in [0.15, 0.2) is 0 Å². The Balaban J connectivity index is 1.71. The van der Waals surface area contributed by atoms with Gasteiger partial charge in [-0.1, -0.05) is 31.0 Å². The summed E-state index contributed by atoms with van der Waals surface area (Å²) in [5.74, 6) is -0.245. The monoisotopic (exact) mass is 304 g/mol. The molecule has 5 heteroatoms. The van der Waals surface area contributed by atoms with E-state index in [0.29, 0.717) is 11.5 Å². The second-order valence-electron chi connectivity index (χ2n) is 5.91. The smallest absolute Gasteiger partial charge is 0.251 e. The van der Waals surface area contributed by atoms with Crippen LogP contribution in [0.2, 0.25) is 0 Å². The molecule has 0 heterocycles. The lowest BCUT2D eigenvalue weighted by Crippen LogP contribution is -2.41. The van der Waals surface area contributed by atoms with Gasteiger partial charge in [-0.25, -0.2) is 0 Å². The molecule has 0 bridgehead atoms. The number of carbonyl (C=O) groups excluding carboxylic acids is 2. The molecule has 1 atom stereocenters. The number of nitrogens with one attached hydrogen (secondary N) is 2. The van der Waals surface area contributed by atoms with Crippen molar-refractivity contribution in [3.8, 4) is 0 Å². The Bertz CT molecular complexity index is 524. The Morgan fingerprint density at radius 2 is 1.91 bits per heavy atom. The van der Waals surface area contributed by atoms with Gasteiger partial charge in [-0.15, -0.1) is 0 Å². The number of amides is 2. The predicted octanol–water partition coefficient (Wildman–Crippen LogP) is 1.39. The van der Waals surface area contributed by atoms with Gasteiger partial charge >= 0.3 is 0 Å². The first-order chi connectivity index (χ1) is 10.6. The third-order valence-electron chi connectivity index (χ3n) is 4.25. The van der Waals surface area contributed by atoms with Crippen LogP contribution in [0.25, 0.3) is 0 Å². The second-order valence-corrected chi connectivity index (χ2v) is 5.91. The number of hydrogen-bond acceptors (Lipinski definition) is 3. The van der Waals surface area contributed by atoms with Gasteiger partial charge in [0.25, 0.3) is 5.91 Å². The van der Waals surface area contributed by atoms with E-state index in [0.717, 1.165) is 31.2 Å². The van der Waals surface area contributed by atoms with E-state index in [9.17, 15) is 14.7 Å². The number of hydrogen-bond donors (Lipinski definition) is 3. The topological polar surface area (TPSA) is 78.4 Å². The summed E-state index contributed by atoms with van der Waals surface area (Å²) >= 11 is 0. The van der Waals surface area contributed by atoms with Crippen LogP contribution in [0.5, 0.6) is 0 Å². The average Bonchev–Trinajstić information content (AvgIpc) is 3.05. The molecule has 5 nitrogen and oxygen atoms in total. The van der Waals surface area contributed by atoms with Gasteiger partial charge in [-0.2, -0.15) is 0 Å². The van der Waals surface area contributed by atoms with Crippen LogP contribution in [0, 0.1) is 12.8 Å². The first-order valence-electron chi connectivity index (χ1n) is 7.86. The van der Waals surface area contributed by atoms with E-state index in [1.165, 1.54) is 0 Å². The molecule has 2 amide bonds. The van der Waals surface area contributed by atoms with Crippen molar-refractivity contribution in [1.29, 1.82) is 0 Å². The van der Waals surface area contributed by atoms with Crippen molar-refractivity contribution in [2.45, 2.75) is 38.7 Å². The number of aryl methyl sites for hydroxylation is 1. The number of aliphatic hydroxyl groups excluding tert-OH is 1. The quantitative estimate of drug-likeness (QED) is 0.743. The molecule has 1 aliphatic rings. The summed E-state index contributed by atoms with van der Waals surface area (Å²) in [5.41, 5.74) is 1.44. The fourth-order valence-electron chi connectivity index (χ4n) is 2.87. The fraction of sp³-hybridized carbons (Fsp3) is 0.529. The van der Waals surface area contributed by atoms with Crippen molar-refractivity contribution in [3.63, 3.8) is 0 Å². The van der Waals surface area contributed by atoms with E-state index in [1.807, 2.05) is 19.1 Å². The van der Waals surface area contributed by atoms with Crippen LogP contribution in [-0.4, -0.2) is 36.1 Å². The maximum Gasteiger partial charge on any atom is 0.251 e. The normalized spacial score (nSPS) is 16.3. The van der Waals surface area contributed by atoms with Crippen LogP contribution in [0.3, 0.4) is 0 Å². The summed E-state index contributed by atoms with van der Waals surface area (Å²) < 4.78 is 0. The number of rotatable bonds is 6. The molecule has 0 spiro atoms. The molecule has 1 fully saturated rings. The second kappa shape index (κ2) is 7.94. The number of carbonyl (C=O) groups is 2. The minimum atomic E-state index is -0.487. The predicted molar refractivity (Wildman–Crippen MR) is 84.5 cm³/mol. The van der Waals surface area contributed by atoms with Crippen molar-refractivity contribution >= 4 is 11.8 Å². The molecule has 22 heavy (non-hydrogen) atoms. The first-order valence-corrected chi connectivity index (χ1v) is 7.86. The fourth-order valence-corrected chi connectivity index (χ4v) is 2.87. The number of aliphatic hydroxyl groups is 1. The van der Waals surface area contributed by atoms with Gasteiger partial charge in [0.1, 0.15) is 0 Å². The van der Waals surface area contributed by atoms with Crippen LogP contribution in [0.4, 0.5) is 0 Å². The lowest BCUT2D eigenvalue weighted by Gasteiger charge is -2.18. The molecule has 3 N–H and O–H groups in total. The van der Waals surface area contributed by atoms with E-state index < -0.39 is 6.10 Å². The molecule has 1 aliphatic carbocycles. The average molecular weight is 304 g/mol. The molecule has 0 aromatic heterocycles. The molecular weight excluding hydrogens is 280 g/mol. The van der Waals surface area contributed by atoms with Crippen LogP contribution in [0.1, 0.15) is 41.6 Å². The molecule has 1 aromatic rings. The highest BCUT2D eigenvalue weighted by Crippen LogP contribution is 2.27. The third-order valence-corrected chi connectivity index (χ3v) is 4.25. The molecule has 120 valence electrons. The van der Waals surface area contributed by atoms with Crippen LogP contribution < -0.4 is 10.6 Å². The van der Waals surface area contributed by atoms with Crippen molar-refractivity contribution in [1.82, 2.24) is 10.6 Å². The zero-order valence-electron chi connectivity index (χ0n) is 13.0. The summed E-state index contributed by atoms with van der Waals surface area (Å²) in [6.45, 7) is 2.03. The van der Waals surface area contributed by atoms with Crippen molar-refractivity contribution in [2.24, 2.45) is 5.92 Å². The highest BCUT2D eigenvalue weighted by Gasteiger charge is 2.23. The Hall–Kier alpha value is -1.88. The van der Waals surface area contributed by atoms with Crippen LogP contribution >= 0.6 is 0 Å². The Kier molecular flexibility index (Phi) is 5.95. The van der Waals surface area contributed by atoms with E-state index >= 15 is 0 Å². The van der Waals surface area contributed by atoms with Gasteiger partial charge in [0, 0.05) is 12.1 Å². The lowest BCUT2D eigenvalue weighted by atomic mass is 10.0. The van der Waals surface area contributed by atoms with Gasteiger partial charge in [0.05, 0.1) is 12.6 Å². The maximum atomic E-state index is 12.0. The highest BCUT2D eigenvalue weighted by atomic mass is 16.3. The Labute approximate surface area is 131 Å². The highest BCUT2D eigenvalue weighted by molar-refractivity contribution is 5.97. The van der Waals surface area contributed by atoms with Gasteiger partial charge < -0.3 is 15.7 Å². The SMILES string of the molecule is Cc1ccccc1C(=O)NCC(=O)NCC(O)C1CCCC1. The zero-order valence-corrected chi connectivity index (χ0v) is 13.0. The standard InChI is InChI=1S/C17H24N2O3/c1-12-6-2-5-9-14(12)17(22)19-11-16(21)18-10-15(20)13-7-3-4-8-13/h2,5-6,9,13,15,20H,3-4,7-8,10-11H2,1H3,(H,18,21)(H,19,22). The molecular formula is C17H24N2O3. The van der Waals surface area contributed by atoms with E-state index in [2.05, 4.69) is 10.6 Å². The Morgan fingerprint density at radius 1 is 1.23 bits per heavy atom. The molecule has 0 aliphatic heterocycles. The zero-order chi connectivity index (χ0) is 15.9. The van der Waals surface area contributed by atoms with Crippen LogP contribution in [-0.2, 0) is 4.79 Å². The lowest BCUT2D eigenvalue weighted by molar-refractivity contribution is -0.120. The summed E-state index contributed by atoms with van der Waals surface area (Å²) in [6.07, 6.45) is 3.88. The third kappa shape index (κ3) is 4.56. The summed E-state index contributed by atoms with van der Waals surface area (Å²) in [6, 6.07) is 7.24. The molecule has 0 saturated heterocycles. The largest absolute Gasteiger partial charge is 0.391 e. The minimum absolute atomic E-state index is 0.0788. The maximum absolute atomic E-state index is 12.0. The van der Waals surface area contributed by atoms with Crippen LogP contribution in [0.15, 0.2) is 24.3 Å². The Morgan fingerprint density at radius 3 is 2.59 bits per heavy atom. The molecule has 1 unspecified atom stereocenters. The van der Waals surface area contributed by atoms with Crippen molar-refractivity contribution in [2.75, 3.05) is 13.1 Å². The first kappa shape index (κ1) is 16.5. The molecule has 0 radical (unpaired) electrons. The minimum Gasteiger partial charge on any atom is -0.391 e. The van der Waals surface area contributed by atoms with E-state index in [4.69, 9.17) is 0 Å². The number of benzene rings is 1. The summed E-state index contributed by atoms with van der Waals surface area (Å²) in [4.78, 5) is 23.7. The molecule has 2 rings (SSSR count). The van der Waals surface area contributed by atoms with Gasteiger partial charge in [0.2, 0.25) is 5.91 Å². The van der Waals surface area contributed by atoms with Gasteiger partial charge in [-0.05, 0) is 37.3 Å². The van der Waals surface area contributed by atoms with Crippen molar-refractivity contribution < 1.29 is 14.7 Å². The molecule has 1 saturated carbocycles. The van der Waals surface area contributed by atoms with Crippen molar-refractivity contribution in [3.05, 3.63) is 35.4 Å². The van der Waals surface area contributed by atoms with E-state index in [-0.39, 0.29) is 24.9 Å².